The van der Waals surface area contributed by atoms with Crippen LogP contribution in [0.5, 0.6) is 0 Å². The minimum Gasteiger partial charge on any atom is -0.159 e. The normalized spacial score (nSPS) is 14.1. The predicted octanol–water partition coefficient (Wildman–Crippen LogP) is 2.35. The van der Waals surface area contributed by atoms with Crippen molar-refractivity contribution >= 4 is 11.8 Å². The smallest absolute Gasteiger partial charge is 0.00186 e. The van der Waals surface area contributed by atoms with Gasteiger partial charge in [0.1, 0.15) is 0 Å². The fourth-order valence-electron chi connectivity index (χ4n) is 0.368. The molecule has 1 unspecified atom stereocenters. The Morgan fingerprint density at radius 2 is 2.29 bits per heavy atom. The molecule has 0 rings (SSSR count). The second-order valence-corrected chi connectivity index (χ2v) is 3.27. The molecule has 0 aromatic heterocycles. The van der Waals surface area contributed by atoms with Gasteiger partial charge in [0, 0.05) is 5.25 Å². The van der Waals surface area contributed by atoms with Crippen LogP contribution in [0.2, 0.25) is 0 Å². The molecule has 0 aliphatic rings. The molecule has 7 heavy (non-hydrogen) atoms. The molecule has 0 fully saturated rings. The summed E-state index contributed by atoms with van der Waals surface area (Å²) in [5.41, 5.74) is 0. The zero-order valence-corrected chi connectivity index (χ0v) is 5.92. The van der Waals surface area contributed by atoms with E-state index in [1.807, 2.05) is 11.8 Å². The lowest BCUT2D eigenvalue weighted by Crippen LogP contribution is -1.91. The molecule has 43 valence electrons. The molecule has 0 N–H and O–H groups in total. The molecule has 0 aliphatic carbocycles. The van der Waals surface area contributed by atoms with Crippen molar-refractivity contribution in [1.82, 2.24) is 0 Å². The molecule has 1 radical (unpaired) electrons. The van der Waals surface area contributed by atoms with Gasteiger partial charge < -0.3 is 0 Å². The van der Waals surface area contributed by atoms with E-state index in [1.165, 1.54) is 5.75 Å². The highest BCUT2D eigenvalue weighted by molar-refractivity contribution is 7.99. The lowest BCUT2D eigenvalue weighted by atomic mass is 10.4. The SMILES string of the molecule is [CH2]CC(C)SCC. The average Bonchev–Trinajstić information content (AvgIpc) is 1.68. The van der Waals surface area contributed by atoms with Gasteiger partial charge in [-0.15, -0.1) is 0 Å². The maximum Gasteiger partial charge on any atom is 0.00186 e. The van der Waals surface area contributed by atoms with Crippen molar-refractivity contribution in [2.24, 2.45) is 0 Å². The highest BCUT2D eigenvalue weighted by atomic mass is 32.2. The first-order valence-electron chi connectivity index (χ1n) is 2.72. The van der Waals surface area contributed by atoms with Crippen LogP contribution >= 0.6 is 11.8 Å². The van der Waals surface area contributed by atoms with Crippen molar-refractivity contribution in [3.05, 3.63) is 6.92 Å². The molecule has 0 nitrogen and oxygen atoms in total. The highest BCUT2D eigenvalue weighted by Crippen LogP contribution is 2.11. The van der Waals surface area contributed by atoms with E-state index in [2.05, 4.69) is 20.8 Å². The van der Waals surface area contributed by atoms with Crippen LogP contribution in [0.4, 0.5) is 0 Å². The van der Waals surface area contributed by atoms with Crippen LogP contribution in [0, 0.1) is 6.92 Å². The van der Waals surface area contributed by atoms with Gasteiger partial charge in [-0.3, -0.25) is 0 Å². The summed E-state index contributed by atoms with van der Waals surface area (Å²) in [6.07, 6.45) is 1.05. The van der Waals surface area contributed by atoms with E-state index in [9.17, 15) is 0 Å². The highest BCUT2D eigenvalue weighted by Gasteiger charge is 1.92. The van der Waals surface area contributed by atoms with Crippen LogP contribution in [0.25, 0.3) is 0 Å². The van der Waals surface area contributed by atoms with E-state index >= 15 is 0 Å². The molecule has 0 bridgehead atoms. The van der Waals surface area contributed by atoms with Crippen LogP contribution in [0.3, 0.4) is 0 Å². The van der Waals surface area contributed by atoms with Crippen molar-refractivity contribution in [2.45, 2.75) is 25.5 Å². The molecule has 0 saturated carbocycles. The lowest BCUT2D eigenvalue weighted by Gasteiger charge is -2.02. The van der Waals surface area contributed by atoms with E-state index < -0.39 is 0 Å². The van der Waals surface area contributed by atoms with Gasteiger partial charge in [0.05, 0.1) is 0 Å². The zero-order valence-electron chi connectivity index (χ0n) is 5.11. The summed E-state index contributed by atoms with van der Waals surface area (Å²) in [4.78, 5) is 0. The van der Waals surface area contributed by atoms with Crippen molar-refractivity contribution in [3.63, 3.8) is 0 Å². The number of hydrogen-bond donors (Lipinski definition) is 0. The Labute approximate surface area is 50.7 Å². The number of hydrogen-bond acceptors (Lipinski definition) is 1. The Morgan fingerprint density at radius 1 is 1.71 bits per heavy atom. The zero-order chi connectivity index (χ0) is 5.70. The maximum atomic E-state index is 3.78. The number of rotatable bonds is 3. The van der Waals surface area contributed by atoms with Gasteiger partial charge >= 0.3 is 0 Å². The van der Waals surface area contributed by atoms with Gasteiger partial charge in [-0.05, 0) is 12.2 Å². The topological polar surface area (TPSA) is 0 Å². The van der Waals surface area contributed by atoms with Gasteiger partial charge in [-0.1, -0.05) is 20.8 Å². The monoisotopic (exact) mass is 117 g/mol. The quantitative estimate of drug-likeness (QED) is 0.547. The molecule has 1 heteroatoms. The largest absolute Gasteiger partial charge is 0.159 e. The molecule has 0 saturated heterocycles. The summed E-state index contributed by atoms with van der Waals surface area (Å²) < 4.78 is 0. The first-order valence-corrected chi connectivity index (χ1v) is 3.77. The Bertz CT molecular complexity index is 35.2. The molecule has 0 spiro atoms. The van der Waals surface area contributed by atoms with Gasteiger partial charge in [-0.2, -0.15) is 11.8 Å². The predicted molar refractivity (Wildman–Crippen MR) is 37.6 cm³/mol. The summed E-state index contributed by atoms with van der Waals surface area (Å²) in [7, 11) is 0. The summed E-state index contributed by atoms with van der Waals surface area (Å²) in [6, 6.07) is 0. The van der Waals surface area contributed by atoms with Crippen molar-refractivity contribution in [2.75, 3.05) is 5.75 Å². The molecular weight excluding hydrogens is 104 g/mol. The molecule has 0 heterocycles. The van der Waals surface area contributed by atoms with E-state index in [0.717, 1.165) is 11.7 Å². The summed E-state index contributed by atoms with van der Waals surface area (Å²) in [6.45, 7) is 8.17. The molecule has 0 aliphatic heterocycles. The Kier molecular flexibility index (Phi) is 4.73. The Balaban J connectivity index is 2.83. The van der Waals surface area contributed by atoms with Gasteiger partial charge in [-0.25, -0.2) is 0 Å². The fourth-order valence-corrected chi connectivity index (χ4v) is 1.10. The number of thioether (sulfide) groups is 1. The molecule has 0 amide bonds. The fraction of sp³-hybridized carbons (Fsp3) is 0.833. The summed E-state index contributed by atoms with van der Waals surface area (Å²) >= 11 is 1.97. The molecule has 0 aromatic rings. The third-order valence-corrected chi connectivity index (χ3v) is 2.00. The molecule has 0 aromatic carbocycles. The summed E-state index contributed by atoms with van der Waals surface area (Å²) in [5, 5.41) is 0.755. The van der Waals surface area contributed by atoms with Crippen molar-refractivity contribution in [3.8, 4) is 0 Å². The summed E-state index contributed by atoms with van der Waals surface area (Å²) in [5.74, 6) is 1.22. The Morgan fingerprint density at radius 3 is 2.43 bits per heavy atom. The van der Waals surface area contributed by atoms with Crippen LogP contribution in [-0.4, -0.2) is 11.0 Å². The van der Waals surface area contributed by atoms with Crippen LogP contribution in [-0.2, 0) is 0 Å². The third-order valence-electron chi connectivity index (χ3n) is 0.858. The van der Waals surface area contributed by atoms with Crippen molar-refractivity contribution in [1.29, 1.82) is 0 Å². The second-order valence-electron chi connectivity index (χ2n) is 1.55. The van der Waals surface area contributed by atoms with Gasteiger partial charge in [0.15, 0.2) is 0 Å². The van der Waals surface area contributed by atoms with Crippen LogP contribution < -0.4 is 0 Å². The first-order chi connectivity index (χ1) is 3.31. The minimum atomic E-state index is 0.755. The standard InChI is InChI=1S/C6H13S/c1-4-6(3)7-5-2/h6H,1,4-5H2,2-3H3. The van der Waals surface area contributed by atoms with E-state index in [-0.39, 0.29) is 0 Å². The second kappa shape index (κ2) is 4.51. The van der Waals surface area contributed by atoms with Crippen LogP contribution in [0.1, 0.15) is 20.3 Å². The third kappa shape index (κ3) is 4.20. The molecule has 1 atom stereocenters. The average molecular weight is 117 g/mol. The Hall–Kier alpha value is 0.350. The van der Waals surface area contributed by atoms with Crippen molar-refractivity contribution < 1.29 is 0 Å². The maximum absolute atomic E-state index is 3.78. The van der Waals surface area contributed by atoms with Gasteiger partial charge in [0.2, 0.25) is 0 Å². The van der Waals surface area contributed by atoms with E-state index in [0.29, 0.717) is 0 Å². The lowest BCUT2D eigenvalue weighted by molar-refractivity contribution is 0.979. The van der Waals surface area contributed by atoms with E-state index in [4.69, 9.17) is 0 Å². The minimum absolute atomic E-state index is 0.755. The van der Waals surface area contributed by atoms with Gasteiger partial charge in [0.25, 0.3) is 0 Å². The van der Waals surface area contributed by atoms with Crippen LogP contribution in [0.15, 0.2) is 0 Å². The van der Waals surface area contributed by atoms with E-state index in [1.54, 1.807) is 0 Å². The molecular formula is C6H13S. The first kappa shape index (κ1) is 7.35.